The van der Waals surface area contributed by atoms with E-state index in [-0.39, 0.29) is 5.56 Å². The van der Waals surface area contributed by atoms with Crippen molar-refractivity contribution in [1.82, 2.24) is 10.3 Å². The second-order valence-corrected chi connectivity index (χ2v) is 5.09. The van der Waals surface area contributed by atoms with Gasteiger partial charge >= 0.3 is 0 Å². The fraction of sp³-hybridized carbons (Fsp3) is 0.200. The fourth-order valence-corrected chi connectivity index (χ4v) is 1.98. The molecule has 0 radical (unpaired) electrons. The molecule has 0 bridgehead atoms. The molecule has 2 atom stereocenters. The van der Waals surface area contributed by atoms with Crippen LogP contribution in [0, 0.1) is 5.82 Å². The zero-order valence-electron chi connectivity index (χ0n) is 11.3. The average Bonchev–Trinajstić information content (AvgIpc) is 2.47. The molecule has 6 heteroatoms. The average molecular weight is 309 g/mol. The second kappa shape index (κ2) is 6.65. The third-order valence-electron chi connectivity index (χ3n) is 3.01. The van der Waals surface area contributed by atoms with Gasteiger partial charge < -0.3 is 10.4 Å². The Balaban J connectivity index is 2.05. The quantitative estimate of drug-likeness (QED) is 0.913. The Bertz CT molecular complexity index is 634. The molecule has 0 aliphatic carbocycles. The zero-order chi connectivity index (χ0) is 15.4. The number of pyridine rings is 1. The van der Waals surface area contributed by atoms with Crippen LogP contribution in [0.3, 0.4) is 0 Å². The number of benzene rings is 1. The van der Waals surface area contributed by atoms with Crippen molar-refractivity contribution in [2.75, 3.05) is 0 Å². The molecule has 2 aromatic rings. The standard InChI is InChI=1S/C15H14ClFN2O2/c1-9(14(20)10-2-4-12(16)5-3-10)19-15(21)11-6-13(17)8-18-7-11/h2-9,14,20H,1H3,(H,19,21). The Kier molecular flexibility index (Phi) is 4.88. The number of aromatic nitrogens is 1. The van der Waals surface area contributed by atoms with Gasteiger partial charge in [0.1, 0.15) is 5.82 Å². The molecule has 1 aromatic carbocycles. The van der Waals surface area contributed by atoms with E-state index in [0.717, 1.165) is 12.3 Å². The molecule has 4 nitrogen and oxygen atoms in total. The monoisotopic (exact) mass is 308 g/mol. The number of aliphatic hydroxyl groups excluding tert-OH is 1. The highest BCUT2D eigenvalue weighted by Gasteiger charge is 2.19. The van der Waals surface area contributed by atoms with Crippen molar-refractivity contribution in [3.05, 3.63) is 64.7 Å². The van der Waals surface area contributed by atoms with Crippen LogP contribution in [0.25, 0.3) is 0 Å². The van der Waals surface area contributed by atoms with Crippen molar-refractivity contribution >= 4 is 17.5 Å². The number of aliphatic hydroxyl groups is 1. The summed E-state index contributed by atoms with van der Waals surface area (Å²) in [7, 11) is 0. The second-order valence-electron chi connectivity index (χ2n) is 4.65. The summed E-state index contributed by atoms with van der Waals surface area (Å²) in [5.74, 6) is -1.09. The zero-order valence-corrected chi connectivity index (χ0v) is 12.0. The molecule has 21 heavy (non-hydrogen) atoms. The van der Waals surface area contributed by atoms with E-state index in [4.69, 9.17) is 11.6 Å². The molecule has 0 saturated heterocycles. The van der Waals surface area contributed by atoms with Gasteiger partial charge in [0.2, 0.25) is 0 Å². The fourth-order valence-electron chi connectivity index (χ4n) is 1.85. The predicted molar refractivity (Wildman–Crippen MR) is 77.5 cm³/mol. The molecule has 1 amide bonds. The molecule has 2 unspecified atom stereocenters. The SMILES string of the molecule is CC(NC(=O)c1cncc(F)c1)C(O)c1ccc(Cl)cc1. The predicted octanol–water partition coefficient (Wildman–Crippen LogP) is 2.73. The highest BCUT2D eigenvalue weighted by atomic mass is 35.5. The number of halogens is 2. The van der Waals surface area contributed by atoms with E-state index in [1.807, 2.05) is 0 Å². The van der Waals surface area contributed by atoms with Gasteiger partial charge in [0.15, 0.2) is 0 Å². The molecule has 0 fully saturated rings. The van der Waals surface area contributed by atoms with Gasteiger partial charge in [0.05, 0.1) is 23.9 Å². The van der Waals surface area contributed by atoms with Gasteiger partial charge in [-0.1, -0.05) is 23.7 Å². The summed E-state index contributed by atoms with van der Waals surface area (Å²) in [5, 5.41) is 13.4. The molecule has 0 spiro atoms. The summed E-state index contributed by atoms with van der Waals surface area (Å²) < 4.78 is 13.0. The first-order valence-electron chi connectivity index (χ1n) is 6.32. The first-order valence-corrected chi connectivity index (χ1v) is 6.70. The Morgan fingerprint density at radius 2 is 2.00 bits per heavy atom. The molecule has 1 heterocycles. The van der Waals surface area contributed by atoms with E-state index in [1.54, 1.807) is 31.2 Å². The minimum Gasteiger partial charge on any atom is -0.386 e. The molecule has 0 aliphatic rings. The van der Waals surface area contributed by atoms with Crippen LogP contribution in [-0.2, 0) is 0 Å². The van der Waals surface area contributed by atoms with Gasteiger partial charge in [-0.05, 0) is 30.7 Å². The van der Waals surface area contributed by atoms with Gasteiger partial charge in [-0.2, -0.15) is 0 Å². The van der Waals surface area contributed by atoms with Crippen LogP contribution in [0.4, 0.5) is 4.39 Å². The maximum Gasteiger partial charge on any atom is 0.253 e. The molecule has 2 rings (SSSR count). The third-order valence-corrected chi connectivity index (χ3v) is 3.26. The summed E-state index contributed by atoms with van der Waals surface area (Å²) in [5.41, 5.74) is 0.731. The van der Waals surface area contributed by atoms with Gasteiger partial charge in [0, 0.05) is 11.2 Å². The molecule has 110 valence electrons. The van der Waals surface area contributed by atoms with Gasteiger partial charge in [-0.3, -0.25) is 9.78 Å². The number of hydrogen-bond acceptors (Lipinski definition) is 3. The van der Waals surface area contributed by atoms with E-state index >= 15 is 0 Å². The smallest absolute Gasteiger partial charge is 0.253 e. The molecule has 0 saturated carbocycles. The van der Waals surface area contributed by atoms with Crippen LogP contribution in [0.2, 0.25) is 5.02 Å². The van der Waals surface area contributed by atoms with E-state index in [1.165, 1.54) is 6.20 Å². The molecular formula is C15H14ClFN2O2. The largest absolute Gasteiger partial charge is 0.386 e. The van der Waals surface area contributed by atoms with E-state index in [2.05, 4.69) is 10.3 Å². The normalized spacial score (nSPS) is 13.5. The molecule has 2 N–H and O–H groups in total. The summed E-state index contributed by atoms with van der Waals surface area (Å²) >= 11 is 5.78. The summed E-state index contributed by atoms with van der Waals surface area (Å²) in [4.78, 5) is 15.6. The van der Waals surface area contributed by atoms with Crippen molar-refractivity contribution in [3.63, 3.8) is 0 Å². The minimum absolute atomic E-state index is 0.102. The Hall–Kier alpha value is -1.98. The molecule has 0 aliphatic heterocycles. The van der Waals surface area contributed by atoms with Crippen molar-refractivity contribution in [3.8, 4) is 0 Å². The van der Waals surface area contributed by atoms with Crippen LogP contribution in [0.15, 0.2) is 42.7 Å². The lowest BCUT2D eigenvalue weighted by molar-refractivity contribution is 0.0851. The maximum atomic E-state index is 13.0. The number of hydrogen-bond donors (Lipinski definition) is 2. The van der Waals surface area contributed by atoms with Crippen LogP contribution < -0.4 is 5.32 Å². The Labute approximate surface area is 126 Å². The summed E-state index contributed by atoms with van der Waals surface area (Å²) in [6, 6.07) is 7.21. The van der Waals surface area contributed by atoms with Crippen molar-refractivity contribution in [2.24, 2.45) is 0 Å². The van der Waals surface area contributed by atoms with Crippen LogP contribution in [-0.4, -0.2) is 22.0 Å². The van der Waals surface area contributed by atoms with Crippen molar-refractivity contribution in [1.29, 1.82) is 0 Å². The lowest BCUT2D eigenvalue weighted by Crippen LogP contribution is -2.37. The number of amides is 1. The summed E-state index contributed by atoms with van der Waals surface area (Å²) in [6.45, 7) is 1.66. The van der Waals surface area contributed by atoms with E-state index in [9.17, 15) is 14.3 Å². The number of rotatable bonds is 4. The number of nitrogens with one attached hydrogen (secondary N) is 1. The third kappa shape index (κ3) is 4.00. The number of carbonyl (C=O) groups excluding carboxylic acids is 1. The summed E-state index contributed by atoms with van der Waals surface area (Å²) in [6.07, 6.45) is 1.38. The van der Waals surface area contributed by atoms with Gasteiger partial charge in [-0.15, -0.1) is 0 Å². The van der Waals surface area contributed by atoms with Crippen LogP contribution in [0.1, 0.15) is 28.9 Å². The van der Waals surface area contributed by atoms with Crippen molar-refractivity contribution < 1.29 is 14.3 Å². The van der Waals surface area contributed by atoms with Crippen LogP contribution >= 0.6 is 11.6 Å². The Morgan fingerprint density at radius 3 is 2.62 bits per heavy atom. The Morgan fingerprint density at radius 1 is 1.33 bits per heavy atom. The maximum absolute atomic E-state index is 13.0. The minimum atomic E-state index is -0.896. The van der Waals surface area contributed by atoms with E-state index < -0.39 is 23.9 Å². The highest BCUT2D eigenvalue weighted by molar-refractivity contribution is 6.30. The first-order chi connectivity index (χ1) is 9.97. The lowest BCUT2D eigenvalue weighted by Gasteiger charge is -2.20. The highest BCUT2D eigenvalue weighted by Crippen LogP contribution is 2.19. The lowest BCUT2D eigenvalue weighted by atomic mass is 10.0. The van der Waals surface area contributed by atoms with Gasteiger partial charge in [0.25, 0.3) is 5.91 Å². The van der Waals surface area contributed by atoms with Gasteiger partial charge in [-0.25, -0.2) is 4.39 Å². The first kappa shape index (κ1) is 15.4. The van der Waals surface area contributed by atoms with Crippen molar-refractivity contribution in [2.45, 2.75) is 19.1 Å². The van der Waals surface area contributed by atoms with E-state index in [0.29, 0.717) is 10.6 Å². The molecule has 1 aromatic heterocycles. The molecular weight excluding hydrogens is 295 g/mol. The number of carbonyl (C=O) groups is 1. The number of nitrogens with zero attached hydrogens (tertiary/aromatic N) is 1. The topological polar surface area (TPSA) is 62.2 Å². The van der Waals surface area contributed by atoms with Crippen LogP contribution in [0.5, 0.6) is 0 Å².